The Bertz CT molecular complexity index is 1300. The average molecular weight is 724 g/mol. The third-order valence-electron chi connectivity index (χ3n) is 9.52. The predicted octanol–water partition coefficient (Wildman–Crippen LogP) is 15.7. The summed E-state index contributed by atoms with van der Waals surface area (Å²) >= 11 is 2.02. The first-order valence-corrected chi connectivity index (χ1v) is 21.7. The number of hydrogen-bond donors (Lipinski definition) is 0. The molecule has 0 radical (unpaired) electrons. The zero-order chi connectivity index (χ0) is 36.1. The van der Waals surface area contributed by atoms with Crippen molar-refractivity contribution in [1.29, 1.82) is 0 Å². The van der Waals surface area contributed by atoms with Crippen LogP contribution in [0.3, 0.4) is 0 Å². The number of benzene rings is 2. The molecule has 0 bridgehead atoms. The van der Waals surface area contributed by atoms with E-state index in [2.05, 4.69) is 94.5 Å². The van der Waals surface area contributed by atoms with E-state index in [0.717, 1.165) is 53.8 Å². The number of nitrogens with zero attached hydrogens (tertiary/aromatic N) is 2. The van der Waals surface area contributed by atoms with Gasteiger partial charge in [-0.1, -0.05) is 60.7 Å². The monoisotopic (exact) mass is 723 g/mol. The number of allylic oxidation sites excluding steroid dienone is 6. The van der Waals surface area contributed by atoms with Crippen molar-refractivity contribution < 1.29 is 19.1 Å². The van der Waals surface area contributed by atoms with Gasteiger partial charge in [-0.25, -0.2) is 4.70 Å². The SMILES string of the molecule is CC=CCCc1ccccc1C1=CC(C)=C(c2ccccc2CCC=CC)[N+]1=[N-].CCCCCCCCC[CH2][Ni][CH2]CCCCCCCCC. The molecule has 50 heavy (non-hydrogen) atoms. The molecule has 0 N–H and O–H groups in total. The number of rotatable bonds is 26. The molecule has 0 spiro atoms. The Morgan fingerprint density at radius 3 is 1.48 bits per heavy atom. The molecule has 1 heterocycles. The van der Waals surface area contributed by atoms with Gasteiger partial charge < -0.3 is 5.53 Å². The zero-order valence-corrected chi connectivity index (χ0v) is 33.8. The van der Waals surface area contributed by atoms with E-state index in [4.69, 9.17) is 0 Å². The fourth-order valence-corrected chi connectivity index (χ4v) is 7.81. The van der Waals surface area contributed by atoms with Crippen LogP contribution < -0.4 is 0 Å². The molecule has 1 aliphatic rings. The summed E-state index contributed by atoms with van der Waals surface area (Å²) < 4.78 is 1.39. The van der Waals surface area contributed by atoms with E-state index in [1.807, 2.05) is 33.5 Å². The van der Waals surface area contributed by atoms with Crippen LogP contribution in [0.5, 0.6) is 0 Å². The number of hydrogen-bond acceptors (Lipinski definition) is 0. The Balaban J connectivity index is 0.000000368. The van der Waals surface area contributed by atoms with Crippen LogP contribution in [0, 0.1) is 0 Å². The first kappa shape index (κ1) is 43.7. The average Bonchev–Trinajstić information content (AvgIpc) is 3.43. The summed E-state index contributed by atoms with van der Waals surface area (Å²) in [6.07, 6.45) is 37.9. The van der Waals surface area contributed by atoms with Gasteiger partial charge in [0.05, 0.1) is 0 Å². The summed E-state index contributed by atoms with van der Waals surface area (Å²) in [7, 11) is 0. The van der Waals surface area contributed by atoms with Crippen molar-refractivity contribution in [3.63, 3.8) is 0 Å². The topological polar surface area (TPSA) is 25.3 Å². The Labute approximate surface area is 315 Å². The van der Waals surface area contributed by atoms with E-state index >= 15 is 0 Å². The van der Waals surface area contributed by atoms with Crippen LogP contribution in [-0.4, -0.2) is 4.70 Å². The van der Waals surface area contributed by atoms with Gasteiger partial charge in [0, 0.05) is 22.8 Å². The van der Waals surface area contributed by atoms with Gasteiger partial charge in [0.2, 0.25) is 11.4 Å². The van der Waals surface area contributed by atoms with Gasteiger partial charge in [-0.05, 0) is 69.7 Å². The molecule has 2 aromatic rings. The third-order valence-corrected chi connectivity index (χ3v) is 10.9. The molecule has 0 fully saturated rings. The summed E-state index contributed by atoms with van der Waals surface area (Å²) in [5.41, 5.74) is 18.7. The van der Waals surface area contributed by atoms with E-state index in [9.17, 15) is 5.53 Å². The first-order valence-electron chi connectivity index (χ1n) is 20.3. The minimum absolute atomic E-state index is 0.858. The van der Waals surface area contributed by atoms with E-state index in [-0.39, 0.29) is 0 Å². The van der Waals surface area contributed by atoms with Crippen LogP contribution in [0.25, 0.3) is 16.9 Å². The molecule has 1 aliphatic heterocycles. The maximum absolute atomic E-state index is 11.2. The van der Waals surface area contributed by atoms with Crippen LogP contribution in [0.1, 0.15) is 172 Å². The van der Waals surface area contributed by atoms with Crippen LogP contribution in [0.15, 0.2) is 84.5 Å². The van der Waals surface area contributed by atoms with Gasteiger partial charge in [-0.3, -0.25) is 0 Å². The van der Waals surface area contributed by atoms with Crippen LogP contribution >= 0.6 is 0 Å². The van der Waals surface area contributed by atoms with E-state index in [1.54, 1.807) is 0 Å². The summed E-state index contributed by atoms with van der Waals surface area (Å²) in [6, 6.07) is 16.8. The second kappa shape index (κ2) is 29.1. The predicted molar refractivity (Wildman–Crippen MR) is 218 cm³/mol. The molecule has 0 unspecified atom stereocenters. The second-order valence-electron chi connectivity index (χ2n) is 13.8. The van der Waals surface area contributed by atoms with Gasteiger partial charge >= 0.3 is 142 Å². The van der Waals surface area contributed by atoms with Crippen molar-refractivity contribution in [1.82, 2.24) is 0 Å². The third kappa shape index (κ3) is 17.6. The van der Waals surface area contributed by atoms with Gasteiger partial charge in [0.1, 0.15) is 0 Å². The van der Waals surface area contributed by atoms with Crippen molar-refractivity contribution in [2.75, 3.05) is 0 Å². The standard InChI is InChI=1S/C27H30N2.2C10H21.Ni/c1-4-6-8-14-22-16-10-12-18-24(22)26-20-21(3)27(29(26)28)25-19-13-11-17-23(25)15-9-7-5-2;2*1-3-5-7-9-10-8-6-4-2;/h4-7,10-13,16-20H,8-9,14-15H2,1-3H3;2*1,3-10H2,2H3;. The summed E-state index contributed by atoms with van der Waals surface area (Å²) in [6.45, 7) is 10.8. The normalized spacial score (nSPS) is 13.1. The molecule has 3 rings (SSSR count). The van der Waals surface area contributed by atoms with Gasteiger partial charge in [-0.15, -0.1) is 0 Å². The van der Waals surface area contributed by atoms with Crippen LogP contribution in [0.4, 0.5) is 0 Å². The van der Waals surface area contributed by atoms with Crippen molar-refractivity contribution in [2.45, 2.75) is 174 Å². The number of aryl methyl sites for hydroxylation is 2. The minimum atomic E-state index is 0.858. The van der Waals surface area contributed by atoms with Crippen molar-refractivity contribution in [2.24, 2.45) is 0 Å². The fraction of sp³-hybridized carbons (Fsp3) is 0.574. The van der Waals surface area contributed by atoms with E-state index in [1.165, 1.54) is 129 Å². The van der Waals surface area contributed by atoms with Crippen molar-refractivity contribution in [3.05, 3.63) is 112 Å². The Morgan fingerprint density at radius 1 is 0.580 bits per heavy atom. The maximum atomic E-state index is 11.2. The molecule has 2 nitrogen and oxygen atoms in total. The van der Waals surface area contributed by atoms with Crippen molar-refractivity contribution in [3.8, 4) is 0 Å². The first-order chi connectivity index (χ1) is 24.6. The molecule has 0 saturated heterocycles. The Morgan fingerprint density at radius 2 is 1.00 bits per heavy atom. The summed E-state index contributed by atoms with van der Waals surface area (Å²) in [4.78, 5) is 0. The van der Waals surface area contributed by atoms with Crippen LogP contribution in [0.2, 0.25) is 10.8 Å². The Hall–Kier alpha value is -2.51. The molecule has 0 amide bonds. The van der Waals surface area contributed by atoms with Gasteiger partial charge in [0.25, 0.3) is 0 Å². The summed E-state index contributed by atoms with van der Waals surface area (Å²) in [5.74, 6) is 0. The Kier molecular flexibility index (Phi) is 25.4. The molecule has 280 valence electrons. The van der Waals surface area contributed by atoms with Gasteiger partial charge in [0.15, 0.2) is 0 Å². The van der Waals surface area contributed by atoms with Crippen molar-refractivity contribution >= 4 is 11.4 Å². The zero-order valence-electron chi connectivity index (χ0n) is 32.8. The number of unbranched alkanes of at least 4 members (excludes halogenated alkanes) is 14. The molecular formula is C47H72N2Ni. The molecule has 0 aliphatic carbocycles. The quantitative estimate of drug-likeness (QED) is 0.0400. The molecule has 3 heteroatoms. The molecule has 0 atom stereocenters. The second-order valence-corrected chi connectivity index (χ2v) is 15.3. The van der Waals surface area contributed by atoms with E-state index < -0.39 is 0 Å². The fourth-order valence-electron chi connectivity index (χ4n) is 6.57. The van der Waals surface area contributed by atoms with E-state index in [0.29, 0.717) is 0 Å². The molecule has 2 aromatic carbocycles. The van der Waals surface area contributed by atoms with Crippen LogP contribution in [-0.2, 0) is 27.3 Å². The molecular weight excluding hydrogens is 651 g/mol. The summed E-state index contributed by atoms with van der Waals surface area (Å²) in [5, 5.41) is 2.86. The van der Waals surface area contributed by atoms with Gasteiger partial charge in [-0.2, -0.15) is 0 Å². The molecule has 0 aromatic heterocycles. The molecule has 0 saturated carbocycles.